The molecule has 4 N–H and O–H groups in total. The van der Waals surface area contributed by atoms with Crippen molar-refractivity contribution in [2.24, 2.45) is 5.84 Å². The highest BCUT2D eigenvalue weighted by molar-refractivity contribution is 5.44. The zero-order valence-electron chi connectivity index (χ0n) is 7.23. The molecule has 0 saturated carbocycles. The minimum absolute atomic E-state index is 0.297. The Labute approximate surface area is 79.1 Å². The Bertz CT molecular complexity index is 281. The molecule has 78 valence electrons. The molecule has 0 saturated heterocycles. The molecule has 1 rings (SSSR count). The number of benzene rings is 1. The fourth-order valence-electron chi connectivity index (χ4n) is 0.930. The number of hydrogen-bond donors (Lipinski definition) is 3. The quantitative estimate of drug-likeness (QED) is 0.398. The van der Waals surface area contributed by atoms with Crippen molar-refractivity contribution in [2.45, 2.75) is 6.18 Å². The molecule has 0 bridgehead atoms. The third-order valence-electron chi connectivity index (χ3n) is 1.61. The van der Waals surface area contributed by atoms with E-state index in [-0.39, 0.29) is 0 Å². The van der Waals surface area contributed by atoms with Crippen LogP contribution in [0, 0.1) is 0 Å². The summed E-state index contributed by atoms with van der Waals surface area (Å²) >= 11 is 0. The van der Waals surface area contributed by atoms with Crippen LogP contribution >= 0.6 is 0 Å². The standard InChI is InChI=1S/C8H10F3N3/c9-8(10,11)6-1-3-7(4-2-6)13-5-14-12/h1-4,13-14H,5,12H2. The van der Waals surface area contributed by atoms with Gasteiger partial charge in [0.25, 0.3) is 0 Å². The number of nitrogens with two attached hydrogens (primary N) is 1. The SMILES string of the molecule is NNCNc1ccc(C(F)(F)F)cc1. The van der Waals surface area contributed by atoms with Gasteiger partial charge in [0.1, 0.15) is 0 Å². The van der Waals surface area contributed by atoms with Crippen LogP contribution in [0.15, 0.2) is 24.3 Å². The van der Waals surface area contributed by atoms with Crippen LogP contribution in [0.25, 0.3) is 0 Å². The number of hydrogen-bond acceptors (Lipinski definition) is 3. The van der Waals surface area contributed by atoms with Crippen molar-refractivity contribution in [3.63, 3.8) is 0 Å². The summed E-state index contributed by atoms with van der Waals surface area (Å²) in [6.07, 6.45) is -4.29. The molecule has 0 amide bonds. The first-order chi connectivity index (χ1) is 6.54. The first-order valence-corrected chi connectivity index (χ1v) is 3.88. The first-order valence-electron chi connectivity index (χ1n) is 3.88. The summed E-state index contributed by atoms with van der Waals surface area (Å²) in [5.74, 6) is 4.98. The van der Waals surface area contributed by atoms with Crippen molar-refractivity contribution < 1.29 is 13.2 Å². The lowest BCUT2D eigenvalue weighted by atomic mass is 10.2. The van der Waals surface area contributed by atoms with Crippen LogP contribution in [0.5, 0.6) is 0 Å². The Balaban J connectivity index is 2.69. The summed E-state index contributed by atoms with van der Waals surface area (Å²) in [6.45, 7) is 0.297. The number of rotatable bonds is 3. The summed E-state index contributed by atoms with van der Waals surface area (Å²) in [7, 11) is 0. The van der Waals surface area contributed by atoms with E-state index in [4.69, 9.17) is 5.84 Å². The molecule has 1 aromatic rings. The number of halogens is 3. The van der Waals surface area contributed by atoms with Gasteiger partial charge in [0.2, 0.25) is 0 Å². The van der Waals surface area contributed by atoms with E-state index in [2.05, 4.69) is 10.7 Å². The minimum Gasteiger partial charge on any atom is -0.371 e. The van der Waals surface area contributed by atoms with Crippen LogP contribution in [-0.2, 0) is 6.18 Å². The average molecular weight is 205 g/mol. The highest BCUT2D eigenvalue weighted by atomic mass is 19.4. The molecule has 6 heteroatoms. The summed E-state index contributed by atoms with van der Waals surface area (Å²) in [6, 6.07) is 4.72. The molecule has 0 fully saturated rings. The van der Waals surface area contributed by atoms with Gasteiger partial charge in [0.15, 0.2) is 0 Å². The van der Waals surface area contributed by atoms with Gasteiger partial charge >= 0.3 is 6.18 Å². The van der Waals surface area contributed by atoms with Gasteiger partial charge in [-0.05, 0) is 24.3 Å². The van der Waals surface area contributed by atoms with Crippen molar-refractivity contribution in [1.82, 2.24) is 5.43 Å². The first kappa shape index (κ1) is 10.8. The van der Waals surface area contributed by atoms with Crippen molar-refractivity contribution in [3.8, 4) is 0 Å². The van der Waals surface area contributed by atoms with E-state index < -0.39 is 11.7 Å². The van der Waals surface area contributed by atoms with E-state index in [1.807, 2.05) is 0 Å². The lowest BCUT2D eigenvalue weighted by Gasteiger charge is -2.08. The molecule has 0 unspecified atom stereocenters. The highest BCUT2D eigenvalue weighted by Gasteiger charge is 2.29. The van der Waals surface area contributed by atoms with Crippen LogP contribution in [0.3, 0.4) is 0 Å². The van der Waals surface area contributed by atoms with Gasteiger partial charge in [0.05, 0.1) is 12.2 Å². The molecule has 3 nitrogen and oxygen atoms in total. The largest absolute Gasteiger partial charge is 0.416 e. The van der Waals surface area contributed by atoms with E-state index in [1.165, 1.54) is 12.1 Å². The van der Waals surface area contributed by atoms with Gasteiger partial charge < -0.3 is 5.32 Å². The molecule has 0 radical (unpaired) electrons. The molecule has 0 atom stereocenters. The van der Waals surface area contributed by atoms with Gasteiger partial charge in [-0.25, -0.2) is 5.43 Å². The molecule has 0 heterocycles. The van der Waals surface area contributed by atoms with Gasteiger partial charge in [-0.3, -0.25) is 5.84 Å². The molecular weight excluding hydrogens is 195 g/mol. The number of hydrazine groups is 1. The van der Waals surface area contributed by atoms with E-state index in [0.29, 0.717) is 12.4 Å². The summed E-state index contributed by atoms with van der Waals surface area (Å²) in [5, 5.41) is 2.77. The molecule has 0 aliphatic rings. The molecule has 0 spiro atoms. The maximum absolute atomic E-state index is 12.1. The van der Waals surface area contributed by atoms with E-state index in [9.17, 15) is 13.2 Å². The molecule has 1 aromatic carbocycles. The zero-order valence-corrected chi connectivity index (χ0v) is 7.23. The summed E-state index contributed by atoms with van der Waals surface area (Å²) < 4.78 is 36.4. The van der Waals surface area contributed by atoms with E-state index in [0.717, 1.165) is 12.1 Å². The van der Waals surface area contributed by atoms with Crippen LogP contribution in [-0.4, -0.2) is 6.67 Å². The fourth-order valence-corrected chi connectivity index (χ4v) is 0.930. The lowest BCUT2D eigenvalue weighted by Crippen LogP contribution is -2.28. The Morgan fingerprint density at radius 3 is 2.14 bits per heavy atom. The van der Waals surface area contributed by atoms with Crippen molar-refractivity contribution in [1.29, 1.82) is 0 Å². The molecule has 0 aliphatic heterocycles. The Hall–Kier alpha value is -1.27. The van der Waals surface area contributed by atoms with Crippen molar-refractivity contribution >= 4 is 5.69 Å². The maximum atomic E-state index is 12.1. The zero-order chi connectivity index (χ0) is 10.6. The van der Waals surface area contributed by atoms with Gasteiger partial charge in [-0.1, -0.05) is 0 Å². The fraction of sp³-hybridized carbons (Fsp3) is 0.250. The van der Waals surface area contributed by atoms with Gasteiger partial charge in [-0.15, -0.1) is 0 Å². The second-order valence-electron chi connectivity index (χ2n) is 2.63. The minimum atomic E-state index is -4.29. The normalized spacial score (nSPS) is 11.4. The van der Waals surface area contributed by atoms with Gasteiger partial charge in [-0.2, -0.15) is 13.2 Å². The molecule has 0 aliphatic carbocycles. The van der Waals surface area contributed by atoms with E-state index in [1.54, 1.807) is 0 Å². The lowest BCUT2D eigenvalue weighted by molar-refractivity contribution is -0.137. The predicted octanol–water partition coefficient (Wildman–Crippen LogP) is 1.54. The topological polar surface area (TPSA) is 50.1 Å². The van der Waals surface area contributed by atoms with E-state index >= 15 is 0 Å². The second-order valence-corrected chi connectivity index (χ2v) is 2.63. The van der Waals surface area contributed by atoms with Crippen molar-refractivity contribution in [3.05, 3.63) is 29.8 Å². The number of nitrogens with one attached hydrogen (secondary N) is 2. The Morgan fingerprint density at radius 2 is 1.71 bits per heavy atom. The molecule has 0 aromatic heterocycles. The van der Waals surface area contributed by atoms with Crippen LogP contribution < -0.4 is 16.6 Å². The monoisotopic (exact) mass is 205 g/mol. The second kappa shape index (κ2) is 4.30. The van der Waals surface area contributed by atoms with Crippen LogP contribution in [0.1, 0.15) is 5.56 Å². The Kier molecular flexibility index (Phi) is 3.32. The highest BCUT2D eigenvalue weighted by Crippen LogP contribution is 2.29. The van der Waals surface area contributed by atoms with Crippen LogP contribution in [0.2, 0.25) is 0 Å². The molecule has 14 heavy (non-hydrogen) atoms. The van der Waals surface area contributed by atoms with Crippen LogP contribution in [0.4, 0.5) is 18.9 Å². The number of anilines is 1. The maximum Gasteiger partial charge on any atom is 0.416 e. The third-order valence-corrected chi connectivity index (χ3v) is 1.61. The average Bonchev–Trinajstić information content (AvgIpc) is 2.14. The van der Waals surface area contributed by atoms with Gasteiger partial charge in [0, 0.05) is 5.69 Å². The smallest absolute Gasteiger partial charge is 0.371 e. The Morgan fingerprint density at radius 1 is 1.14 bits per heavy atom. The predicted molar refractivity (Wildman–Crippen MR) is 47.3 cm³/mol. The summed E-state index contributed by atoms with van der Waals surface area (Å²) in [5.41, 5.74) is 2.24. The molecular formula is C8H10F3N3. The third kappa shape index (κ3) is 2.90. The summed E-state index contributed by atoms with van der Waals surface area (Å²) in [4.78, 5) is 0. The van der Waals surface area contributed by atoms with Crippen molar-refractivity contribution in [2.75, 3.05) is 12.0 Å². The number of alkyl halides is 3.